The van der Waals surface area contributed by atoms with Crippen LogP contribution in [0.5, 0.6) is 0 Å². The summed E-state index contributed by atoms with van der Waals surface area (Å²) in [5.41, 5.74) is 3.75. The van der Waals surface area contributed by atoms with Gasteiger partial charge in [-0.2, -0.15) is 0 Å². The molecule has 1 aromatic heterocycles. The summed E-state index contributed by atoms with van der Waals surface area (Å²) in [7, 11) is 0. The summed E-state index contributed by atoms with van der Waals surface area (Å²) < 4.78 is 0. The van der Waals surface area contributed by atoms with Gasteiger partial charge in [-0.3, -0.25) is 0 Å². The normalized spacial score (nSPS) is 19.9. The van der Waals surface area contributed by atoms with E-state index in [2.05, 4.69) is 49.9 Å². The zero-order valence-electron chi connectivity index (χ0n) is 12.1. The molecule has 0 radical (unpaired) electrons. The van der Waals surface area contributed by atoms with Crippen molar-refractivity contribution in [3.8, 4) is 0 Å². The Kier molecular flexibility index (Phi) is 3.17. The minimum Gasteiger partial charge on any atom is -0.356 e. The summed E-state index contributed by atoms with van der Waals surface area (Å²) in [6.45, 7) is 8.95. The first kappa shape index (κ1) is 12.5. The molecule has 1 unspecified atom stereocenters. The van der Waals surface area contributed by atoms with Crippen LogP contribution in [0, 0.1) is 19.8 Å². The minimum atomic E-state index is 0.782. The fraction of sp³-hybridized carbons (Fsp3) is 0.471. The van der Waals surface area contributed by atoms with E-state index >= 15 is 0 Å². The molecule has 1 fully saturated rings. The van der Waals surface area contributed by atoms with Gasteiger partial charge < -0.3 is 4.90 Å². The molecule has 2 heterocycles. The first-order valence-corrected chi connectivity index (χ1v) is 7.26. The fourth-order valence-electron chi connectivity index (χ4n) is 3.05. The van der Waals surface area contributed by atoms with Crippen molar-refractivity contribution in [1.29, 1.82) is 0 Å². The van der Waals surface area contributed by atoms with Crippen LogP contribution in [-0.2, 0) is 0 Å². The lowest BCUT2D eigenvalue weighted by Crippen LogP contribution is -2.34. The number of pyridine rings is 1. The van der Waals surface area contributed by atoms with Gasteiger partial charge in [0.05, 0.1) is 5.52 Å². The summed E-state index contributed by atoms with van der Waals surface area (Å²) in [5, 5.41) is 1.28. The van der Waals surface area contributed by atoms with Crippen molar-refractivity contribution in [2.45, 2.75) is 33.6 Å². The molecule has 1 aromatic carbocycles. The Hall–Kier alpha value is -1.57. The molecule has 2 nitrogen and oxygen atoms in total. The van der Waals surface area contributed by atoms with Crippen LogP contribution in [0.1, 0.15) is 30.9 Å². The van der Waals surface area contributed by atoms with Crippen LogP contribution in [0.4, 0.5) is 5.82 Å². The van der Waals surface area contributed by atoms with E-state index in [1.807, 2.05) is 0 Å². The van der Waals surface area contributed by atoms with Gasteiger partial charge in [0, 0.05) is 18.5 Å². The largest absolute Gasteiger partial charge is 0.356 e. The van der Waals surface area contributed by atoms with Crippen molar-refractivity contribution < 1.29 is 0 Å². The molecule has 1 aliphatic heterocycles. The van der Waals surface area contributed by atoms with Crippen LogP contribution >= 0.6 is 0 Å². The number of hydrogen-bond donors (Lipinski definition) is 0. The Balaban J connectivity index is 2.04. The third kappa shape index (κ3) is 2.44. The molecule has 2 heteroatoms. The van der Waals surface area contributed by atoms with Gasteiger partial charge in [-0.25, -0.2) is 4.98 Å². The van der Waals surface area contributed by atoms with E-state index < -0.39 is 0 Å². The van der Waals surface area contributed by atoms with Crippen LogP contribution in [0.3, 0.4) is 0 Å². The number of aromatic nitrogens is 1. The van der Waals surface area contributed by atoms with Gasteiger partial charge in [0.25, 0.3) is 0 Å². The second-order valence-corrected chi connectivity index (χ2v) is 6.01. The number of benzene rings is 1. The summed E-state index contributed by atoms with van der Waals surface area (Å²) in [5.74, 6) is 1.94. The summed E-state index contributed by atoms with van der Waals surface area (Å²) in [4.78, 5) is 7.33. The highest BCUT2D eigenvalue weighted by atomic mass is 15.2. The SMILES string of the molecule is Cc1ccc2c(C)cc(N3CCCC(C)C3)nc2c1. The molecule has 2 aromatic rings. The molecule has 19 heavy (non-hydrogen) atoms. The Morgan fingerprint density at radius 1 is 1.21 bits per heavy atom. The lowest BCUT2D eigenvalue weighted by molar-refractivity contribution is 0.445. The first-order valence-electron chi connectivity index (χ1n) is 7.26. The van der Waals surface area contributed by atoms with Crippen molar-refractivity contribution in [3.05, 3.63) is 35.4 Å². The van der Waals surface area contributed by atoms with Crippen molar-refractivity contribution in [2.24, 2.45) is 5.92 Å². The Bertz CT molecular complexity index is 603. The predicted octanol–water partition coefficient (Wildman–Crippen LogP) is 4.09. The van der Waals surface area contributed by atoms with E-state index in [1.165, 1.54) is 29.4 Å². The van der Waals surface area contributed by atoms with Crippen LogP contribution in [-0.4, -0.2) is 18.1 Å². The topological polar surface area (TPSA) is 16.1 Å². The number of anilines is 1. The summed E-state index contributed by atoms with van der Waals surface area (Å²) in [6.07, 6.45) is 2.63. The van der Waals surface area contributed by atoms with Gasteiger partial charge in [-0.05, 0) is 55.9 Å². The van der Waals surface area contributed by atoms with Crippen LogP contribution < -0.4 is 4.90 Å². The van der Waals surface area contributed by atoms with Crippen molar-refractivity contribution in [2.75, 3.05) is 18.0 Å². The number of hydrogen-bond acceptors (Lipinski definition) is 2. The maximum atomic E-state index is 4.88. The lowest BCUT2D eigenvalue weighted by Gasteiger charge is -2.32. The number of rotatable bonds is 1. The molecule has 0 bridgehead atoms. The van der Waals surface area contributed by atoms with Crippen LogP contribution in [0.25, 0.3) is 10.9 Å². The molecule has 0 amide bonds. The van der Waals surface area contributed by atoms with Crippen LogP contribution in [0.2, 0.25) is 0 Å². The molecule has 0 aliphatic carbocycles. The van der Waals surface area contributed by atoms with E-state index in [-0.39, 0.29) is 0 Å². The second kappa shape index (κ2) is 4.84. The fourth-order valence-corrected chi connectivity index (χ4v) is 3.05. The highest BCUT2D eigenvalue weighted by molar-refractivity contribution is 5.84. The van der Waals surface area contributed by atoms with E-state index in [9.17, 15) is 0 Å². The van der Waals surface area contributed by atoms with Gasteiger partial charge in [0.1, 0.15) is 5.82 Å². The predicted molar refractivity (Wildman–Crippen MR) is 81.8 cm³/mol. The summed E-state index contributed by atoms with van der Waals surface area (Å²) in [6, 6.07) is 8.80. The highest BCUT2D eigenvalue weighted by Crippen LogP contribution is 2.26. The quantitative estimate of drug-likeness (QED) is 0.762. The maximum absolute atomic E-state index is 4.88. The highest BCUT2D eigenvalue weighted by Gasteiger charge is 2.18. The molecular formula is C17H22N2. The molecular weight excluding hydrogens is 232 g/mol. The molecule has 0 spiro atoms. The van der Waals surface area contributed by atoms with Gasteiger partial charge in [0.15, 0.2) is 0 Å². The van der Waals surface area contributed by atoms with E-state index in [0.29, 0.717) is 0 Å². The monoisotopic (exact) mass is 254 g/mol. The Morgan fingerprint density at radius 3 is 2.84 bits per heavy atom. The third-order valence-electron chi connectivity index (χ3n) is 4.14. The maximum Gasteiger partial charge on any atom is 0.129 e. The molecule has 0 N–H and O–H groups in total. The zero-order chi connectivity index (χ0) is 13.4. The summed E-state index contributed by atoms with van der Waals surface area (Å²) >= 11 is 0. The molecule has 1 aliphatic rings. The average Bonchev–Trinajstić information content (AvgIpc) is 2.38. The lowest BCUT2D eigenvalue weighted by atomic mass is 10.00. The number of nitrogens with zero attached hydrogens (tertiary/aromatic N) is 2. The molecule has 100 valence electrons. The van der Waals surface area contributed by atoms with Crippen LogP contribution in [0.15, 0.2) is 24.3 Å². The molecule has 1 saturated heterocycles. The van der Waals surface area contributed by atoms with E-state index in [0.717, 1.165) is 30.3 Å². The van der Waals surface area contributed by atoms with Crippen molar-refractivity contribution in [3.63, 3.8) is 0 Å². The zero-order valence-corrected chi connectivity index (χ0v) is 12.1. The molecule has 0 saturated carbocycles. The third-order valence-corrected chi connectivity index (χ3v) is 4.14. The smallest absolute Gasteiger partial charge is 0.129 e. The van der Waals surface area contributed by atoms with Gasteiger partial charge in [-0.15, -0.1) is 0 Å². The average molecular weight is 254 g/mol. The first-order chi connectivity index (χ1) is 9.13. The Labute approximate surface area is 115 Å². The number of piperidine rings is 1. The number of fused-ring (bicyclic) bond motifs is 1. The van der Waals surface area contributed by atoms with Gasteiger partial charge in [-0.1, -0.05) is 19.1 Å². The molecule has 3 rings (SSSR count). The Morgan fingerprint density at radius 2 is 2.05 bits per heavy atom. The standard InChI is InChI=1S/C17H22N2/c1-12-6-7-15-14(3)10-17(18-16(15)9-12)19-8-4-5-13(2)11-19/h6-7,9-10,13H,4-5,8,11H2,1-3H3. The van der Waals surface area contributed by atoms with Gasteiger partial charge in [0.2, 0.25) is 0 Å². The number of aryl methyl sites for hydroxylation is 2. The molecule has 1 atom stereocenters. The van der Waals surface area contributed by atoms with Crippen molar-refractivity contribution >= 4 is 16.7 Å². The second-order valence-electron chi connectivity index (χ2n) is 6.01. The van der Waals surface area contributed by atoms with Gasteiger partial charge >= 0.3 is 0 Å². The van der Waals surface area contributed by atoms with E-state index in [1.54, 1.807) is 0 Å². The minimum absolute atomic E-state index is 0.782. The van der Waals surface area contributed by atoms with E-state index in [4.69, 9.17) is 4.98 Å². The van der Waals surface area contributed by atoms with Crippen molar-refractivity contribution in [1.82, 2.24) is 4.98 Å².